The molecule has 0 aliphatic carbocycles. The van der Waals surface area contributed by atoms with Gasteiger partial charge in [-0.05, 0) is 38.5 Å². The van der Waals surface area contributed by atoms with Crippen LogP contribution in [0.15, 0.2) is 12.1 Å². The van der Waals surface area contributed by atoms with Crippen molar-refractivity contribution in [2.45, 2.75) is 26.4 Å². The van der Waals surface area contributed by atoms with Crippen LogP contribution in [-0.4, -0.2) is 12.2 Å². The Bertz CT molecular complexity index is 340. The van der Waals surface area contributed by atoms with Gasteiger partial charge in [0.1, 0.15) is 5.75 Å². The van der Waals surface area contributed by atoms with Crippen LogP contribution in [0.4, 0.5) is 0 Å². The molecule has 0 saturated heterocycles. The van der Waals surface area contributed by atoms with E-state index >= 15 is 0 Å². The Morgan fingerprint density at radius 2 is 1.93 bits per heavy atom. The van der Waals surface area contributed by atoms with Crippen molar-refractivity contribution in [3.05, 3.63) is 28.3 Å². The summed E-state index contributed by atoms with van der Waals surface area (Å²) in [5.74, 6) is 0.703. The molecule has 2 nitrogen and oxygen atoms in total. The molecular formula is C11H15ClO2. The van der Waals surface area contributed by atoms with Gasteiger partial charge in [-0.2, -0.15) is 0 Å². The van der Waals surface area contributed by atoms with Gasteiger partial charge in [0.05, 0.1) is 12.7 Å². The van der Waals surface area contributed by atoms with Gasteiger partial charge in [-0.3, -0.25) is 0 Å². The molecule has 1 rings (SSSR count). The van der Waals surface area contributed by atoms with Crippen molar-refractivity contribution < 1.29 is 9.84 Å². The monoisotopic (exact) mass is 214 g/mol. The maximum atomic E-state index is 9.81. The van der Waals surface area contributed by atoms with E-state index in [1.165, 1.54) is 0 Å². The molecule has 1 N–H and O–H groups in total. The minimum Gasteiger partial charge on any atom is -0.496 e. The maximum Gasteiger partial charge on any atom is 0.123 e. The normalized spacial score (nSPS) is 11.6. The highest BCUT2D eigenvalue weighted by Crippen LogP contribution is 2.32. The van der Waals surface area contributed by atoms with E-state index in [1.807, 2.05) is 6.92 Å². The van der Waals surface area contributed by atoms with Crippen LogP contribution in [0, 0.1) is 6.92 Å². The molecule has 1 aromatic rings. The average Bonchev–Trinajstić information content (AvgIpc) is 2.07. The number of rotatable bonds is 2. The molecule has 0 radical (unpaired) electrons. The first-order valence-corrected chi connectivity index (χ1v) is 4.81. The van der Waals surface area contributed by atoms with Crippen LogP contribution in [0.2, 0.25) is 5.02 Å². The van der Waals surface area contributed by atoms with Gasteiger partial charge in [-0.25, -0.2) is 0 Å². The minimum absolute atomic E-state index is 0.612. The summed E-state index contributed by atoms with van der Waals surface area (Å²) in [6.07, 6.45) is 0. The number of halogens is 1. The zero-order valence-electron chi connectivity index (χ0n) is 8.89. The van der Waals surface area contributed by atoms with Gasteiger partial charge >= 0.3 is 0 Å². The molecule has 0 atom stereocenters. The third-order valence-electron chi connectivity index (χ3n) is 2.22. The number of hydrogen-bond acceptors (Lipinski definition) is 2. The summed E-state index contributed by atoms with van der Waals surface area (Å²) >= 11 is 6.01. The number of aliphatic hydroxyl groups is 1. The van der Waals surface area contributed by atoms with Crippen molar-refractivity contribution in [1.82, 2.24) is 0 Å². The van der Waals surface area contributed by atoms with Gasteiger partial charge in [0.25, 0.3) is 0 Å². The second kappa shape index (κ2) is 3.79. The molecular weight excluding hydrogens is 200 g/mol. The topological polar surface area (TPSA) is 29.5 Å². The molecule has 0 aromatic heterocycles. The van der Waals surface area contributed by atoms with Crippen LogP contribution in [0.25, 0.3) is 0 Å². The summed E-state index contributed by atoms with van der Waals surface area (Å²) in [7, 11) is 1.59. The Kier molecular flexibility index (Phi) is 3.07. The smallest absolute Gasteiger partial charge is 0.123 e. The third-order valence-corrected chi connectivity index (χ3v) is 2.62. The fourth-order valence-corrected chi connectivity index (χ4v) is 1.43. The highest BCUT2D eigenvalue weighted by molar-refractivity contribution is 6.31. The molecule has 0 amide bonds. The summed E-state index contributed by atoms with van der Waals surface area (Å²) in [6, 6.07) is 3.57. The lowest BCUT2D eigenvalue weighted by Gasteiger charge is -2.20. The van der Waals surface area contributed by atoms with Crippen molar-refractivity contribution in [1.29, 1.82) is 0 Å². The van der Waals surface area contributed by atoms with Crippen molar-refractivity contribution in [3.63, 3.8) is 0 Å². The first-order valence-electron chi connectivity index (χ1n) is 4.43. The summed E-state index contributed by atoms with van der Waals surface area (Å²) in [5, 5.41) is 10.4. The van der Waals surface area contributed by atoms with Gasteiger partial charge in [-0.1, -0.05) is 11.6 Å². The first-order chi connectivity index (χ1) is 6.36. The minimum atomic E-state index is -0.898. The van der Waals surface area contributed by atoms with Gasteiger partial charge < -0.3 is 9.84 Å². The molecule has 0 fully saturated rings. The summed E-state index contributed by atoms with van der Waals surface area (Å²) in [4.78, 5) is 0. The van der Waals surface area contributed by atoms with Crippen molar-refractivity contribution in [3.8, 4) is 5.75 Å². The molecule has 0 aliphatic rings. The van der Waals surface area contributed by atoms with Crippen LogP contribution >= 0.6 is 11.6 Å². The van der Waals surface area contributed by atoms with E-state index in [9.17, 15) is 5.11 Å². The molecule has 1 aromatic carbocycles. The van der Waals surface area contributed by atoms with E-state index in [4.69, 9.17) is 16.3 Å². The van der Waals surface area contributed by atoms with Gasteiger partial charge in [0.2, 0.25) is 0 Å². The van der Waals surface area contributed by atoms with Gasteiger partial charge in [0, 0.05) is 10.6 Å². The maximum absolute atomic E-state index is 9.81. The van der Waals surface area contributed by atoms with Crippen LogP contribution in [0.3, 0.4) is 0 Å². The Balaban J connectivity index is 3.30. The number of hydrogen-bond donors (Lipinski definition) is 1. The van der Waals surface area contributed by atoms with E-state index in [0.717, 1.165) is 11.1 Å². The molecule has 0 aliphatic heterocycles. The molecule has 0 unspecified atom stereocenters. The number of ether oxygens (including phenoxy) is 1. The third kappa shape index (κ3) is 2.20. The molecule has 0 bridgehead atoms. The Labute approximate surface area is 89.5 Å². The lowest BCUT2D eigenvalue weighted by Crippen LogP contribution is -2.15. The summed E-state index contributed by atoms with van der Waals surface area (Å²) in [5.41, 5.74) is 0.747. The van der Waals surface area contributed by atoms with E-state index in [1.54, 1.807) is 33.1 Å². The summed E-state index contributed by atoms with van der Waals surface area (Å²) in [6.45, 7) is 5.32. The van der Waals surface area contributed by atoms with Crippen molar-refractivity contribution >= 4 is 11.6 Å². The largest absolute Gasteiger partial charge is 0.496 e. The summed E-state index contributed by atoms with van der Waals surface area (Å²) < 4.78 is 5.17. The quantitative estimate of drug-likeness (QED) is 0.821. The fraction of sp³-hybridized carbons (Fsp3) is 0.455. The number of methoxy groups -OCH3 is 1. The van der Waals surface area contributed by atoms with Crippen molar-refractivity contribution in [2.75, 3.05) is 7.11 Å². The van der Waals surface area contributed by atoms with E-state index < -0.39 is 5.60 Å². The predicted octanol–water partition coefficient (Wildman–Crippen LogP) is 2.88. The molecule has 78 valence electrons. The number of benzene rings is 1. The molecule has 0 saturated carbocycles. The standard InChI is InChI=1S/C11H15ClO2/c1-7-9(12)5-8(11(2,3)13)6-10(7)14-4/h5-6,13H,1-4H3. The second-order valence-electron chi connectivity index (χ2n) is 3.84. The predicted molar refractivity (Wildman–Crippen MR) is 58.0 cm³/mol. The Morgan fingerprint density at radius 3 is 2.36 bits per heavy atom. The fourth-order valence-electron chi connectivity index (χ4n) is 1.22. The Morgan fingerprint density at radius 1 is 1.36 bits per heavy atom. The molecule has 0 heterocycles. The zero-order valence-corrected chi connectivity index (χ0v) is 9.64. The highest BCUT2D eigenvalue weighted by atomic mass is 35.5. The average molecular weight is 215 g/mol. The SMILES string of the molecule is COc1cc(C(C)(C)O)cc(Cl)c1C. The van der Waals surface area contributed by atoms with Gasteiger partial charge in [-0.15, -0.1) is 0 Å². The highest BCUT2D eigenvalue weighted by Gasteiger charge is 2.18. The van der Waals surface area contributed by atoms with E-state index in [0.29, 0.717) is 10.8 Å². The van der Waals surface area contributed by atoms with Crippen LogP contribution in [-0.2, 0) is 5.60 Å². The van der Waals surface area contributed by atoms with E-state index in [2.05, 4.69) is 0 Å². The molecule has 14 heavy (non-hydrogen) atoms. The van der Waals surface area contributed by atoms with E-state index in [-0.39, 0.29) is 0 Å². The zero-order chi connectivity index (χ0) is 10.9. The first kappa shape index (κ1) is 11.3. The Hall–Kier alpha value is -0.730. The van der Waals surface area contributed by atoms with Crippen LogP contribution < -0.4 is 4.74 Å². The lowest BCUT2D eigenvalue weighted by molar-refractivity contribution is 0.0783. The molecule has 3 heteroatoms. The van der Waals surface area contributed by atoms with Gasteiger partial charge in [0.15, 0.2) is 0 Å². The van der Waals surface area contributed by atoms with Crippen LogP contribution in [0.5, 0.6) is 5.75 Å². The molecule has 0 spiro atoms. The lowest BCUT2D eigenvalue weighted by atomic mass is 9.97. The van der Waals surface area contributed by atoms with Crippen molar-refractivity contribution in [2.24, 2.45) is 0 Å². The van der Waals surface area contributed by atoms with Crippen LogP contribution in [0.1, 0.15) is 25.0 Å². The second-order valence-corrected chi connectivity index (χ2v) is 4.25.